The summed E-state index contributed by atoms with van der Waals surface area (Å²) in [4.78, 5) is 19.9. The van der Waals surface area contributed by atoms with Crippen LogP contribution in [0.5, 0.6) is 5.75 Å². The van der Waals surface area contributed by atoms with Crippen molar-refractivity contribution in [3.05, 3.63) is 75.8 Å². The van der Waals surface area contributed by atoms with Crippen LogP contribution in [0.25, 0.3) is 16.6 Å². The Morgan fingerprint density at radius 1 is 1.15 bits per heavy atom. The van der Waals surface area contributed by atoms with E-state index in [1.54, 1.807) is 19.2 Å². The number of rotatable bonds is 4. The zero-order valence-electron chi connectivity index (χ0n) is 14.2. The lowest BCUT2D eigenvalue weighted by molar-refractivity contribution is 0.415. The minimum Gasteiger partial charge on any atom is -0.497 e. The third kappa shape index (κ3) is 3.23. The number of fused-ring (bicyclic) bond motifs is 1. The van der Waals surface area contributed by atoms with Crippen molar-refractivity contribution in [3.63, 3.8) is 0 Å². The molecule has 0 amide bonds. The third-order valence-electron chi connectivity index (χ3n) is 4.30. The molecule has 1 aliphatic carbocycles. The molecular weight excluding hydrogens is 346 g/mol. The highest BCUT2D eigenvalue weighted by molar-refractivity contribution is 7.80. The fourth-order valence-electron chi connectivity index (χ4n) is 2.80. The summed E-state index contributed by atoms with van der Waals surface area (Å²) >= 11 is 5.51. The quantitative estimate of drug-likeness (QED) is 0.696. The Morgan fingerprint density at radius 3 is 2.58 bits per heavy atom. The van der Waals surface area contributed by atoms with E-state index >= 15 is 0 Å². The summed E-state index contributed by atoms with van der Waals surface area (Å²) in [5, 5.41) is 3.83. The van der Waals surface area contributed by atoms with Gasteiger partial charge in [0, 0.05) is 5.70 Å². The molecule has 1 aromatic heterocycles. The molecule has 5 nitrogen and oxygen atoms in total. The highest BCUT2D eigenvalue weighted by atomic mass is 32.1. The van der Waals surface area contributed by atoms with Crippen LogP contribution in [0.2, 0.25) is 0 Å². The predicted octanol–water partition coefficient (Wildman–Crippen LogP) is 3.40. The molecule has 0 unspecified atom stereocenters. The van der Waals surface area contributed by atoms with E-state index in [1.807, 2.05) is 36.4 Å². The van der Waals surface area contributed by atoms with Gasteiger partial charge in [0.25, 0.3) is 5.56 Å². The van der Waals surface area contributed by atoms with Gasteiger partial charge in [-0.3, -0.25) is 4.79 Å². The van der Waals surface area contributed by atoms with Gasteiger partial charge in [0.05, 0.1) is 18.0 Å². The summed E-state index contributed by atoms with van der Waals surface area (Å²) in [6, 6.07) is 15.0. The molecule has 0 atom stereocenters. The molecule has 1 heterocycles. The van der Waals surface area contributed by atoms with Crippen LogP contribution < -0.4 is 15.6 Å². The normalized spacial score (nSPS) is 12.7. The molecule has 0 spiro atoms. The molecule has 1 saturated carbocycles. The molecule has 0 saturated heterocycles. The standard InChI is InChI=1S/C20H17N3O2S/c1-25-14-10-8-13(9-11-14)17(12-6-7-12)22-20(26)18-21-16-5-3-2-4-15(16)19(24)23-18/h2-5,8-11H,6-7H2,1H3,(H,22,26)(H,21,23,24). The summed E-state index contributed by atoms with van der Waals surface area (Å²) in [7, 11) is 1.64. The maximum Gasteiger partial charge on any atom is 0.259 e. The molecule has 0 aliphatic heterocycles. The number of H-pyrrole nitrogens is 1. The second-order valence-electron chi connectivity index (χ2n) is 6.09. The molecule has 4 rings (SSSR count). The lowest BCUT2D eigenvalue weighted by Crippen LogP contribution is -2.26. The van der Waals surface area contributed by atoms with Crippen molar-refractivity contribution in [2.75, 3.05) is 7.11 Å². The minimum atomic E-state index is -0.195. The van der Waals surface area contributed by atoms with Crippen LogP contribution in [0.4, 0.5) is 0 Å². The average Bonchev–Trinajstić information content (AvgIpc) is 3.51. The summed E-state index contributed by atoms with van der Waals surface area (Å²) < 4.78 is 5.22. The number of benzene rings is 2. The Bertz CT molecular complexity index is 1080. The third-order valence-corrected chi connectivity index (χ3v) is 4.59. The highest BCUT2D eigenvalue weighted by Gasteiger charge is 2.21. The highest BCUT2D eigenvalue weighted by Crippen LogP contribution is 2.35. The second kappa shape index (κ2) is 6.72. The lowest BCUT2D eigenvalue weighted by atomic mass is 10.1. The van der Waals surface area contributed by atoms with Crippen molar-refractivity contribution in [2.24, 2.45) is 0 Å². The number of thiocarbonyl (C=S) groups is 1. The molecule has 2 N–H and O–H groups in total. The van der Waals surface area contributed by atoms with Crippen molar-refractivity contribution < 1.29 is 4.74 Å². The SMILES string of the molecule is COc1ccc(C(NC(=S)c2nc3ccccc3c(=O)[nH]2)=C2CC2)cc1. The van der Waals surface area contributed by atoms with Crippen LogP contribution >= 0.6 is 12.2 Å². The summed E-state index contributed by atoms with van der Waals surface area (Å²) in [5.74, 6) is 1.17. The fraction of sp³-hybridized carbons (Fsp3) is 0.150. The summed E-state index contributed by atoms with van der Waals surface area (Å²) in [5.41, 5.74) is 3.75. The van der Waals surface area contributed by atoms with Crippen molar-refractivity contribution in [1.29, 1.82) is 0 Å². The Hall–Kier alpha value is -2.99. The average molecular weight is 363 g/mol. The first-order chi connectivity index (χ1) is 12.7. The van der Waals surface area contributed by atoms with E-state index in [-0.39, 0.29) is 5.56 Å². The van der Waals surface area contributed by atoms with E-state index in [2.05, 4.69) is 15.3 Å². The maximum absolute atomic E-state index is 12.3. The molecule has 0 bridgehead atoms. The molecule has 26 heavy (non-hydrogen) atoms. The zero-order valence-corrected chi connectivity index (χ0v) is 15.0. The second-order valence-corrected chi connectivity index (χ2v) is 6.50. The van der Waals surface area contributed by atoms with Gasteiger partial charge in [-0.2, -0.15) is 0 Å². The van der Waals surface area contributed by atoms with E-state index in [9.17, 15) is 4.79 Å². The molecule has 3 aromatic rings. The van der Waals surface area contributed by atoms with Crippen LogP contribution in [0.1, 0.15) is 24.2 Å². The van der Waals surface area contributed by atoms with Gasteiger partial charge in [-0.25, -0.2) is 4.98 Å². The van der Waals surface area contributed by atoms with Gasteiger partial charge in [0.15, 0.2) is 5.82 Å². The monoisotopic (exact) mass is 363 g/mol. The smallest absolute Gasteiger partial charge is 0.259 e. The van der Waals surface area contributed by atoms with Crippen molar-refractivity contribution in [3.8, 4) is 5.75 Å². The van der Waals surface area contributed by atoms with Crippen LogP contribution in [0.15, 0.2) is 58.9 Å². The molecule has 6 heteroatoms. The van der Waals surface area contributed by atoms with Gasteiger partial charge in [-0.1, -0.05) is 24.4 Å². The molecular formula is C20H17N3O2S. The maximum atomic E-state index is 12.3. The molecule has 0 radical (unpaired) electrons. The van der Waals surface area contributed by atoms with Gasteiger partial charge in [0.2, 0.25) is 0 Å². The Balaban J connectivity index is 1.66. The topological polar surface area (TPSA) is 67.0 Å². The molecule has 1 aliphatic rings. The Kier molecular flexibility index (Phi) is 4.26. The lowest BCUT2D eigenvalue weighted by Gasteiger charge is -2.13. The summed E-state index contributed by atoms with van der Waals surface area (Å²) in [6.45, 7) is 0. The zero-order chi connectivity index (χ0) is 18.1. The van der Waals surface area contributed by atoms with Crippen molar-refractivity contribution in [1.82, 2.24) is 15.3 Å². The first-order valence-corrected chi connectivity index (χ1v) is 8.73. The number of aromatic amines is 1. The molecule has 130 valence electrons. The Labute approximate surface area is 155 Å². The number of nitrogens with one attached hydrogen (secondary N) is 2. The number of methoxy groups -OCH3 is 1. The number of nitrogens with zero attached hydrogens (tertiary/aromatic N) is 1. The van der Waals surface area contributed by atoms with Gasteiger partial charge in [0.1, 0.15) is 10.7 Å². The van der Waals surface area contributed by atoms with Gasteiger partial charge in [-0.15, -0.1) is 0 Å². The van der Waals surface area contributed by atoms with Gasteiger partial charge >= 0.3 is 0 Å². The fourth-order valence-corrected chi connectivity index (χ4v) is 3.00. The number of para-hydroxylation sites is 1. The van der Waals surface area contributed by atoms with E-state index < -0.39 is 0 Å². The van der Waals surface area contributed by atoms with Crippen LogP contribution in [0, 0.1) is 0 Å². The van der Waals surface area contributed by atoms with Crippen LogP contribution in [-0.2, 0) is 0 Å². The Morgan fingerprint density at radius 2 is 1.88 bits per heavy atom. The van der Waals surface area contributed by atoms with E-state index in [0.29, 0.717) is 21.7 Å². The summed E-state index contributed by atoms with van der Waals surface area (Å²) in [6.07, 6.45) is 2.08. The van der Waals surface area contributed by atoms with Gasteiger partial charge in [-0.05, 0) is 60.4 Å². The number of ether oxygens (including phenoxy) is 1. The molecule has 2 aromatic carbocycles. The number of hydrogen-bond donors (Lipinski definition) is 2. The van der Waals surface area contributed by atoms with Crippen molar-refractivity contribution >= 4 is 33.8 Å². The predicted molar refractivity (Wildman–Crippen MR) is 106 cm³/mol. The minimum absolute atomic E-state index is 0.195. The number of hydrogen-bond acceptors (Lipinski definition) is 4. The van der Waals surface area contributed by atoms with Crippen LogP contribution in [0.3, 0.4) is 0 Å². The first kappa shape index (κ1) is 16.5. The van der Waals surface area contributed by atoms with Crippen molar-refractivity contribution in [2.45, 2.75) is 12.8 Å². The number of aromatic nitrogens is 2. The molecule has 1 fully saturated rings. The van der Waals surface area contributed by atoms with E-state index in [0.717, 1.165) is 29.9 Å². The largest absolute Gasteiger partial charge is 0.497 e. The van der Waals surface area contributed by atoms with Gasteiger partial charge < -0.3 is 15.0 Å². The van der Waals surface area contributed by atoms with Crippen LogP contribution in [-0.4, -0.2) is 22.1 Å². The number of allylic oxidation sites excluding steroid dienone is 1. The van der Waals surface area contributed by atoms with E-state index in [1.165, 1.54) is 5.57 Å². The first-order valence-electron chi connectivity index (χ1n) is 8.32. The van der Waals surface area contributed by atoms with E-state index in [4.69, 9.17) is 17.0 Å².